The highest BCUT2D eigenvalue weighted by Gasteiger charge is 2.33. The molecule has 2 aliphatic heterocycles. The number of hydrogen-bond acceptors (Lipinski definition) is 3. The van der Waals surface area contributed by atoms with E-state index < -0.39 is 28.4 Å². The first-order valence-corrected chi connectivity index (χ1v) is 9.17. The Kier molecular flexibility index (Phi) is 5.54. The molecule has 1 atom stereocenters. The number of sulfonamides is 1. The monoisotopic (exact) mass is 328 g/mol. The number of piperidine rings is 1. The molecule has 8 heteroatoms. The average molecular weight is 328 g/mol. The predicted octanol–water partition coefficient (Wildman–Crippen LogP) is 2.12. The van der Waals surface area contributed by atoms with Crippen molar-refractivity contribution in [2.24, 2.45) is 5.92 Å². The van der Waals surface area contributed by atoms with E-state index in [-0.39, 0.29) is 6.42 Å². The molecule has 1 N–H and O–H groups in total. The molecule has 0 amide bonds. The molecule has 4 nitrogen and oxygen atoms in total. The molecule has 2 saturated heterocycles. The van der Waals surface area contributed by atoms with Gasteiger partial charge < -0.3 is 5.32 Å². The van der Waals surface area contributed by atoms with Gasteiger partial charge in [0, 0.05) is 25.6 Å². The molecule has 1 unspecified atom stereocenters. The molecule has 124 valence electrons. The van der Waals surface area contributed by atoms with Crippen molar-refractivity contribution in [3.63, 3.8) is 0 Å². The Hall–Kier alpha value is -0.340. The highest BCUT2D eigenvalue weighted by molar-refractivity contribution is 7.89. The Morgan fingerprint density at radius 1 is 1.14 bits per heavy atom. The summed E-state index contributed by atoms with van der Waals surface area (Å²) in [7, 11) is -3.54. The van der Waals surface area contributed by atoms with Gasteiger partial charge in [-0.05, 0) is 44.6 Å². The second kappa shape index (κ2) is 6.83. The summed E-state index contributed by atoms with van der Waals surface area (Å²) < 4.78 is 61.7. The lowest BCUT2D eigenvalue weighted by atomic mass is 9.89. The van der Waals surface area contributed by atoms with Gasteiger partial charge in [-0.2, -0.15) is 13.2 Å². The van der Waals surface area contributed by atoms with Crippen LogP contribution in [0.1, 0.15) is 38.5 Å². The summed E-state index contributed by atoms with van der Waals surface area (Å²) in [6.45, 7) is 1.91. The second-order valence-corrected chi connectivity index (χ2v) is 8.06. The van der Waals surface area contributed by atoms with Crippen molar-refractivity contribution in [2.75, 3.05) is 25.4 Å². The van der Waals surface area contributed by atoms with Crippen molar-refractivity contribution in [1.82, 2.24) is 9.62 Å². The van der Waals surface area contributed by atoms with Gasteiger partial charge in [-0.1, -0.05) is 0 Å². The van der Waals surface area contributed by atoms with Crippen LogP contribution in [0, 0.1) is 5.92 Å². The summed E-state index contributed by atoms with van der Waals surface area (Å²) in [5.74, 6) is 0.0906. The lowest BCUT2D eigenvalue weighted by Crippen LogP contribution is -2.44. The van der Waals surface area contributed by atoms with Crippen LogP contribution in [0.4, 0.5) is 13.2 Å². The van der Waals surface area contributed by atoms with Crippen LogP contribution in [-0.2, 0) is 10.0 Å². The standard InChI is InChI=1S/C13H23F3N2O2S/c14-13(15,16)6-2-10-21(19,20)18-8-4-11(5-9-18)12-3-1-7-17-12/h11-12,17H,1-10H2. The minimum absolute atomic E-state index is 0.351. The van der Waals surface area contributed by atoms with Gasteiger partial charge in [0.2, 0.25) is 10.0 Å². The van der Waals surface area contributed by atoms with Gasteiger partial charge in [-0.25, -0.2) is 12.7 Å². The number of hydrogen-bond donors (Lipinski definition) is 1. The quantitative estimate of drug-likeness (QED) is 0.841. The molecule has 2 rings (SSSR count). The number of rotatable bonds is 5. The molecule has 21 heavy (non-hydrogen) atoms. The van der Waals surface area contributed by atoms with Crippen LogP contribution < -0.4 is 5.32 Å². The average Bonchev–Trinajstić information content (AvgIpc) is 2.91. The highest BCUT2D eigenvalue weighted by atomic mass is 32.2. The Labute approximate surface area is 124 Å². The van der Waals surface area contributed by atoms with E-state index in [1.807, 2.05) is 0 Å². The third kappa shape index (κ3) is 5.10. The molecule has 0 saturated carbocycles. The van der Waals surface area contributed by atoms with Gasteiger partial charge in [0.1, 0.15) is 0 Å². The molecule has 2 heterocycles. The summed E-state index contributed by atoms with van der Waals surface area (Å²) in [5, 5.41) is 3.44. The van der Waals surface area contributed by atoms with Gasteiger partial charge in [0.25, 0.3) is 0 Å². The number of alkyl halides is 3. The first-order chi connectivity index (χ1) is 9.78. The molecule has 0 bridgehead atoms. The van der Waals surface area contributed by atoms with Crippen molar-refractivity contribution < 1.29 is 21.6 Å². The van der Waals surface area contributed by atoms with Crippen molar-refractivity contribution in [3.8, 4) is 0 Å². The fourth-order valence-electron chi connectivity index (χ4n) is 3.25. The van der Waals surface area contributed by atoms with E-state index >= 15 is 0 Å². The van der Waals surface area contributed by atoms with E-state index in [9.17, 15) is 21.6 Å². The number of halogens is 3. The fourth-order valence-corrected chi connectivity index (χ4v) is 4.79. The summed E-state index contributed by atoms with van der Waals surface area (Å²) >= 11 is 0. The first kappa shape index (κ1) is 17.0. The Balaban J connectivity index is 1.77. The normalized spacial score (nSPS) is 26.3. The van der Waals surface area contributed by atoms with Gasteiger partial charge >= 0.3 is 6.18 Å². The third-order valence-electron chi connectivity index (χ3n) is 4.42. The molecular weight excluding hydrogens is 305 g/mol. The Morgan fingerprint density at radius 2 is 1.81 bits per heavy atom. The van der Waals surface area contributed by atoms with Gasteiger partial charge in [0.05, 0.1) is 5.75 Å². The summed E-state index contributed by atoms with van der Waals surface area (Å²) in [5.41, 5.74) is 0. The lowest BCUT2D eigenvalue weighted by molar-refractivity contribution is -0.134. The van der Waals surface area contributed by atoms with E-state index in [0.29, 0.717) is 25.0 Å². The maximum Gasteiger partial charge on any atom is 0.389 e. The Morgan fingerprint density at radius 3 is 2.33 bits per heavy atom. The van der Waals surface area contributed by atoms with Crippen LogP contribution in [0.2, 0.25) is 0 Å². The number of nitrogens with zero attached hydrogens (tertiary/aromatic N) is 1. The van der Waals surface area contributed by atoms with Crippen molar-refractivity contribution in [2.45, 2.75) is 50.7 Å². The van der Waals surface area contributed by atoms with Crippen LogP contribution >= 0.6 is 0 Å². The largest absolute Gasteiger partial charge is 0.389 e. The third-order valence-corrected chi connectivity index (χ3v) is 6.38. The maximum absolute atomic E-state index is 12.1. The molecule has 0 aliphatic carbocycles. The van der Waals surface area contributed by atoms with E-state index in [2.05, 4.69) is 5.32 Å². The van der Waals surface area contributed by atoms with E-state index in [1.54, 1.807) is 0 Å². The molecule has 2 fully saturated rings. The van der Waals surface area contributed by atoms with Crippen LogP contribution in [0.25, 0.3) is 0 Å². The summed E-state index contributed by atoms with van der Waals surface area (Å²) in [6, 6.07) is 0.486. The zero-order valence-electron chi connectivity index (χ0n) is 12.0. The van der Waals surface area contributed by atoms with Crippen molar-refractivity contribution in [3.05, 3.63) is 0 Å². The van der Waals surface area contributed by atoms with Crippen LogP contribution in [0.3, 0.4) is 0 Å². The maximum atomic E-state index is 12.1. The van der Waals surface area contributed by atoms with E-state index in [1.165, 1.54) is 10.7 Å². The van der Waals surface area contributed by atoms with Gasteiger partial charge in [-0.15, -0.1) is 0 Å². The lowest BCUT2D eigenvalue weighted by Gasteiger charge is -2.34. The predicted molar refractivity (Wildman–Crippen MR) is 74.4 cm³/mol. The smallest absolute Gasteiger partial charge is 0.314 e. The van der Waals surface area contributed by atoms with Gasteiger partial charge in [0.15, 0.2) is 0 Å². The summed E-state index contributed by atoms with van der Waals surface area (Å²) in [4.78, 5) is 0. The fraction of sp³-hybridized carbons (Fsp3) is 1.00. The molecule has 2 aliphatic rings. The van der Waals surface area contributed by atoms with E-state index in [0.717, 1.165) is 25.8 Å². The molecule has 0 radical (unpaired) electrons. The molecular formula is C13H23F3N2O2S. The SMILES string of the molecule is O=S(=O)(CCCC(F)(F)F)N1CCC(C2CCCN2)CC1. The molecule has 0 aromatic rings. The topological polar surface area (TPSA) is 49.4 Å². The first-order valence-electron chi connectivity index (χ1n) is 7.56. The van der Waals surface area contributed by atoms with Crippen LogP contribution in [0.15, 0.2) is 0 Å². The molecule has 0 spiro atoms. The van der Waals surface area contributed by atoms with Crippen LogP contribution in [-0.4, -0.2) is 50.3 Å². The zero-order chi connectivity index (χ0) is 15.5. The zero-order valence-corrected chi connectivity index (χ0v) is 12.8. The summed E-state index contributed by atoms with van der Waals surface area (Å²) in [6.07, 6.45) is -1.75. The van der Waals surface area contributed by atoms with E-state index in [4.69, 9.17) is 0 Å². The van der Waals surface area contributed by atoms with Crippen molar-refractivity contribution in [1.29, 1.82) is 0 Å². The minimum atomic E-state index is -4.28. The molecule has 0 aromatic heterocycles. The van der Waals surface area contributed by atoms with Gasteiger partial charge in [-0.3, -0.25) is 0 Å². The number of nitrogens with one attached hydrogen (secondary N) is 1. The second-order valence-electron chi connectivity index (χ2n) is 5.97. The minimum Gasteiger partial charge on any atom is -0.314 e. The molecule has 0 aromatic carbocycles. The van der Waals surface area contributed by atoms with Crippen molar-refractivity contribution >= 4 is 10.0 Å². The van der Waals surface area contributed by atoms with Crippen LogP contribution in [0.5, 0.6) is 0 Å². The Bertz CT molecular complexity index is 425. The highest BCUT2D eigenvalue weighted by Crippen LogP contribution is 2.27.